The van der Waals surface area contributed by atoms with Gasteiger partial charge in [0.1, 0.15) is 0 Å². The predicted molar refractivity (Wildman–Crippen MR) is 79.8 cm³/mol. The highest BCUT2D eigenvalue weighted by Gasteiger charge is 2.28. The van der Waals surface area contributed by atoms with E-state index < -0.39 is 10.2 Å². The maximum atomic E-state index is 12.2. The molecule has 1 atom stereocenters. The molecule has 0 amide bonds. The molecule has 19 heavy (non-hydrogen) atoms. The van der Waals surface area contributed by atoms with Gasteiger partial charge >= 0.3 is 0 Å². The van der Waals surface area contributed by atoms with Crippen LogP contribution in [0.5, 0.6) is 0 Å². The van der Waals surface area contributed by atoms with Crippen LogP contribution in [-0.2, 0) is 10.2 Å². The lowest BCUT2D eigenvalue weighted by Crippen LogP contribution is -2.47. The Morgan fingerprint density at radius 1 is 1.16 bits per heavy atom. The minimum absolute atomic E-state index is 0. The van der Waals surface area contributed by atoms with Gasteiger partial charge in [0.05, 0.1) is 0 Å². The van der Waals surface area contributed by atoms with E-state index in [9.17, 15) is 8.42 Å². The van der Waals surface area contributed by atoms with Crippen LogP contribution in [0.1, 0.15) is 44.9 Å². The van der Waals surface area contributed by atoms with E-state index in [-0.39, 0.29) is 18.4 Å². The van der Waals surface area contributed by atoms with E-state index in [1.54, 1.807) is 11.4 Å². The maximum absolute atomic E-state index is 12.2. The van der Waals surface area contributed by atoms with E-state index in [0.717, 1.165) is 45.1 Å². The summed E-state index contributed by atoms with van der Waals surface area (Å²) in [5.41, 5.74) is 0. The molecule has 2 rings (SSSR count). The van der Waals surface area contributed by atoms with E-state index in [1.807, 2.05) is 0 Å². The fourth-order valence-corrected chi connectivity index (χ4v) is 4.10. The standard InChI is InChI=1S/C12H25N3O2S.ClH/c1-15(12-7-3-2-4-8-12)18(16,17)14-10-11-6-5-9-13-11;/h11-14H,2-10H2,1H3;1H. The van der Waals surface area contributed by atoms with Gasteiger partial charge in [0.25, 0.3) is 10.2 Å². The summed E-state index contributed by atoms with van der Waals surface area (Å²) in [5, 5.41) is 3.30. The van der Waals surface area contributed by atoms with Crippen molar-refractivity contribution in [3.05, 3.63) is 0 Å². The fraction of sp³-hybridized carbons (Fsp3) is 1.00. The van der Waals surface area contributed by atoms with Crippen LogP contribution >= 0.6 is 12.4 Å². The van der Waals surface area contributed by atoms with Gasteiger partial charge in [-0.15, -0.1) is 12.4 Å². The molecule has 7 heteroatoms. The smallest absolute Gasteiger partial charge is 0.279 e. The molecule has 2 aliphatic rings. The van der Waals surface area contributed by atoms with Crippen LogP contribution in [0.25, 0.3) is 0 Å². The van der Waals surface area contributed by atoms with Crippen LogP contribution in [0, 0.1) is 0 Å². The van der Waals surface area contributed by atoms with Crippen LogP contribution in [0.2, 0.25) is 0 Å². The molecular formula is C12H26ClN3O2S. The third kappa shape index (κ3) is 4.86. The lowest BCUT2D eigenvalue weighted by molar-refractivity contribution is 0.282. The number of rotatable bonds is 5. The largest absolute Gasteiger partial charge is 0.313 e. The molecule has 114 valence electrons. The average Bonchev–Trinajstić information content (AvgIpc) is 2.90. The zero-order chi connectivity index (χ0) is 13.0. The number of nitrogens with zero attached hydrogens (tertiary/aromatic N) is 1. The number of halogens is 1. The fourth-order valence-electron chi connectivity index (χ4n) is 2.88. The summed E-state index contributed by atoms with van der Waals surface area (Å²) in [5.74, 6) is 0. The summed E-state index contributed by atoms with van der Waals surface area (Å²) in [6.07, 6.45) is 7.74. The van der Waals surface area contributed by atoms with Gasteiger partial charge in [-0.25, -0.2) is 4.72 Å². The molecule has 5 nitrogen and oxygen atoms in total. The third-order valence-corrected chi connectivity index (χ3v) is 5.73. The van der Waals surface area contributed by atoms with Gasteiger partial charge in [0.15, 0.2) is 0 Å². The molecule has 0 aromatic heterocycles. The molecule has 0 aromatic rings. The number of hydrogen-bond donors (Lipinski definition) is 2. The molecule has 0 aromatic carbocycles. The Morgan fingerprint density at radius 2 is 1.84 bits per heavy atom. The molecule has 1 saturated carbocycles. The van der Waals surface area contributed by atoms with Crippen LogP contribution in [0.3, 0.4) is 0 Å². The van der Waals surface area contributed by atoms with Gasteiger partial charge in [-0.05, 0) is 32.2 Å². The Hall–Kier alpha value is 0.120. The average molecular weight is 312 g/mol. The van der Waals surface area contributed by atoms with E-state index in [4.69, 9.17) is 0 Å². The maximum Gasteiger partial charge on any atom is 0.279 e. The summed E-state index contributed by atoms with van der Waals surface area (Å²) in [7, 11) is -1.60. The monoisotopic (exact) mass is 311 g/mol. The Labute approximate surface area is 123 Å². The summed E-state index contributed by atoms with van der Waals surface area (Å²) in [6.45, 7) is 1.52. The van der Waals surface area contributed by atoms with Crippen molar-refractivity contribution in [3.8, 4) is 0 Å². The zero-order valence-corrected chi connectivity index (χ0v) is 13.2. The van der Waals surface area contributed by atoms with E-state index in [1.165, 1.54) is 6.42 Å². The van der Waals surface area contributed by atoms with Crippen molar-refractivity contribution in [1.82, 2.24) is 14.3 Å². The van der Waals surface area contributed by atoms with Gasteiger partial charge in [-0.2, -0.15) is 12.7 Å². The number of hydrogen-bond acceptors (Lipinski definition) is 3. The second kappa shape index (κ2) is 7.78. The lowest BCUT2D eigenvalue weighted by atomic mass is 9.96. The molecule has 2 N–H and O–H groups in total. The van der Waals surface area contributed by atoms with E-state index >= 15 is 0 Å². The molecule has 0 spiro atoms. The molecular weight excluding hydrogens is 286 g/mol. The van der Waals surface area contributed by atoms with Gasteiger partial charge in [-0.1, -0.05) is 19.3 Å². The van der Waals surface area contributed by atoms with Crippen LogP contribution in [-0.4, -0.2) is 44.9 Å². The van der Waals surface area contributed by atoms with Crippen molar-refractivity contribution < 1.29 is 8.42 Å². The van der Waals surface area contributed by atoms with Gasteiger partial charge in [0, 0.05) is 25.7 Å². The normalized spacial score (nSPS) is 25.5. The molecule has 1 unspecified atom stereocenters. The minimum atomic E-state index is -3.30. The summed E-state index contributed by atoms with van der Waals surface area (Å²) in [6, 6.07) is 0.493. The van der Waals surface area contributed by atoms with Gasteiger partial charge in [-0.3, -0.25) is 0 Å². The molecule has 0 radical (unpaired) electrons. The topological polar surface area (TPSA) is 61.4 Å². The Bertz CT molecular complexity index is 352. The second-order valence-electron chi connectivity index (χ2n) is 5.45. The highest BCUT2D eigenvalue weighted by atomic mass is 35.5. The van der Waals surface area contributed by atoms with Gasteiger partial charge < -0.3 is 5.32 Å². The van der Waals surface area contributed by atoms with Crippen molar-refractivity contribution in [2.75, 3.05) is 20.1 Å². The van der Waals surface area contributed by atoms with Crippen molar-refractivity contribution in [2.24, 2.45) is 0 Å². The Morgan fingerprint density at radius 3 is 2.42 bits per heavy atom. The van der Waals surface area contributed by atoms with E-state index in [2.05, 4.69) is 10.0 Å². The summed E-state index contributed by atoms with van der Waals surface area (Å²) >= 11 is 0. The Balaban J connectivity index is 0.00000180. The highest BCUT2D eigenvalue weighted by molar-refractivity contribution is 7.87. The summed E-state index contributed by atoms with van der Waals surface area (Å²) < 4.78 is 28.6. The van der Waals surface area contributed by atoms with Crippen molar-refractivity contribution in [2.45, 2.75) is 57.0 Å². The van der Waals surface area contributed by atoms with E-state index in [0.29, 0.717) is 12.6 Å². The quantitative estimate of drug-likeness (QED) is 0.803. The first-order valence-electron chi connectivity index (χ1n) is 7.05. The lowest BCUT2D eigenvalue weighted by Gasteiger charge is -2.30. The SMILES string of the molecule is CN(C1CCCCC1)S(=O)(=O)NCC1CCCN1.Cl. The zero-order valence-electron chi connectivity index (χ0n) is 11.6. The second-order valence-corrected chi connectivity index (χ2v) is 7.27. The minimum Gasteiger partial charge on any atom is -0.313 e. The van der Waals surface area contributed by atoms with Crippen LogP contribution < -0.4 is 10.0 Å². The molecule has 2 fully saturated rings. The molecule has 0 bridgehead atoms. The summed E-state index contributed by atoms with van der Waals surface area (Å²) in [4.78, 5) is 0. The highest BCUT2D eigenvalue weighted by Crippen LogP contribution is 2.22. The molecule has 1 aliphatic heterocycles. The van der Waals surface area contributed by atoms with Crippen molar-refractivity contribution in [3.63, 3.8) is 0 Å². The first-order chi connectivity index (χ1) is 8.59. The van der Waals surface area contributed by atoms with Crippen molar-refractivity contribution >= 4 is 22.6 Å². The first-order valence-corrected chi connectivity index (χ1v) is 8.49. The van der Waals surface area contributed by atoms with Crippen LogP contribution in [0.15, 0.2) is 0 Å². The molecule has 1 saturated heterocycles. The molecule has 1 heterocycles. The number of nitrogens with one attached hydrogen (secondary N) is 2. The predicted octanol–water partition coefficient (Wildman–Crippen LogP) is 1.26. The van der Waals surface area contributed by atoms with Gasteiger partial charge in [0.2, 0.25) is 0 Å². The Kier molecular flexibility index (Phi) is 7.04. The third-order valence-electron chi connectivity index (χ3n) is 4.14. The molecule has 1 aliphatic carbocycles. The van der Waals surface area contributed by atoms with Crippen molar-refractivity contribution in [1.29, 1.82) is 0 Å². The first kappa shape index (κ1) is 17.2. The van der Waals surface area contributed by atoms with Crippen LogP contribution in [0.4, 0.5) is 0 Å².